The van der Waals surface area contributed by atoms with Crippen molar-refractivity contribution in [3.8, 4) is 0 Å². The van der Waals surface area contributed by atoms with E-state index in [2.05, 4.69) is 51.1 Å². The summed E-state index contributed by atoms with van der Waals surface area (Å²) >= 11 is 0. The van der Waals surface area contributed by atoms with Crippen molar-refractivity contribution in [2.45, 2.75) is 26.9 Å². The first-order valence-corrected chi connectivity index (χ1v) is 8.63. The molecule has 1 aromatic carbocycles. The van der Waals surface area contributed by atoms with Crippen LogP contribution in [0.15, 0.2) is 30.3 Å². The molecule has 0 aliphatic heterocycles. The molecule has 0 spiro atoms. The Labute approximate surface area is 103 Å². The first kappa shape index (κ1) is 21.7. The van der Waals surface area contributed by atoms with Gasteiger partial charge < -0.3 is 0 Å². The second kappa shape index (κ2) is 10.6. The summed E-state index contributed by atoms with van der Waals surface area (Å²) in [5.74, 6) is 0. The van der Waals surface area contributed by atoms with Crippen LogP contribution < -0.4 is 0 Å². The van der Waals surface area contributed by atoms with Gasteiger partial charge in [0.05, 0.1) is 0 Å². The largest absolute Gasteiger partial charge is 0.269 e. The Morgan fingerprint density at radius 1 is 0.765 bits per heavy atom. The van der Waals surface area contributed by atoms with Crippen LogP contribution in [0.25, 0.3) is 0 Å². The van der Waals surface area contributed by atoms with Gasteiger partial charge in [-0.25, -0.2) is 0 Å². The molecule has 0 heterocycles. The molecule has 0 atom stereocenters. The fourth-order valence-corrected chi connectivity index (χ4v) is 5.51. The molecule has 104 valence electrons. The van der Waals surface area contributed by atoms with Crippen LogP contribution in [-0.2, 0) is 6.16 Å². The van der Waals surface area contributed by atoms with E-state index in [1.54, 1.807) is 5.56 Å². The van der Waals surface area contributed by atoms with E-state index in [-0.39, 0.29) is 14.1 Å². The van der Waals surface area contributed by atoms with Gasteiger partial charge in [0.15, 0.2) is 0 Å². The maximum absolute atomic E-state index is 2.38. The molecule has 0 nitrogen and oxygen atoms in total. The molecule has 17 heavy (non-hydrogen) atoms. The molecule has 0 N–H and O–H groups in total. The summed E-state index contributed by atoms with van der Waals surface area (Å²) < 4.78 is 0. The minimum atomic E-state index is -0.958. The van der Waals surface area contributed by atoms with Crippen molar-refractivity contribution in [2.24, 2.45) is 0 Å². The number of rotatable bonds is 5. The Hall–Kier alpha value is -0.560. The fraction of sp³-hybridized carbons (Fsp3) is 0.538. The molecule has 0 unspecified atom stereocenters. The molecule has 0 aromatic heterocycles. The number of hydrogen-bond donors (Lipinski definition) is 0. The van der Waals surface area contributed by atoms with Crippen LogP contribution in [0, 0.1) is 0 Å². The predicted octanol–water partition coefficient (Wildman–Crippen LogP) is 4.45. The maximum atomic E-state index is 2.38. The van der Waals surface area contributed by atoms with Crippen LogP contribution in [0.4, 0.5) is 14.1 Å². The molecular weight excluding hydrogens is 244 g/mol. The summed E-state index contributed by atoms with van der Waals surface area (Å²) in [6.07, 6.45) is 5.65. The average Bonchev–Trinajstić information content (AvgIpc) is 2.28. The number of halogens is 3. The van der Waals surface area contributed by atoms with Gasteiger partial charge in [-0.05, 0) is 0 Å². The van der Waals surface area contributed by atoms with Gasteiger partial charge in [0, 0.05) is 0 Å². The van der Waals surface area contributed by atoms with Crippen LogP contribution in [0.2, 0.25) is 0 Å². The summed E-state index contributed by atoms with van der Waals surface area (Å²) in [7, 11) is -0.958. The Morgan fingerprint density at radius 3 is 1.53 bits per heavy atom. The van der Waals surface area contributed by atoms with E-state index in [0.29, 0.717) is 0 Å². The minimum absolute atomic E-state index is 0. The van der Waals surface area contributed by atoms with Crippen LogP contribution in [0.3, 0.4) is 0 Å². The van der Waals surface area contributed by atoms with E-state index in [1.165, 1.54) is 24.6 Å². The summed E-state index contributed by atoms with van der Waals surface area (Å²) in [4.78, 5) is 0. The quantitative estimate of drug-likeness (QED) is 0.693. The summed E-state index contributed by atoms with van der Waals surface area (Å²) in [5.41, 5.74) is 1.55. The molecule has 0 aliphatic carbocycles. The molecule has 0 aliphatic rings. The van der Waals surface area contributed by atoms with E-state index in [4.69, 9.17) is 0 Å². The molecule has 0 bridgehead atoms. The second-order valence-corrected chi connectivity index (χ2v) is 9.70. The molecule has 1 rings (SSSR count). The van der Waals surface area contributed by atoms with Crippen molar-refractivity contribution in [1.82, 2.24) is 0 Å². The molecule has 0 saturated heterocycles. The van der Waals surface area contributed by atoms with Gasteiger partial charge in [0.2, 0.25) is 0 Å². The SMILES string of the molecule is CC[PH](CC)(CC)Cc1ccccc1.F.F.F. The zero-order valence-electron chi connectivity index (χ0n) is 10.9. The van der Waals surface area contributed by atoms with E-state index >= 15 is 0 Å². The molecule has 0 saturated carbocycles. The van der Waals surface area contributed by atoms with E-state index in [9.17, 15) is 0 Å². The average molecular weight is 270 g/mol. The molecular formula is C13H26F3P. The molecule has 1 aromatic rings. The van der Waals surface area contributed by atoms with Crippen molar-refractivity contribution >= 4 is 7.26 Å². The summed E-state index contributed by atoms with van der Waals surface area (Å²) in [5, 5.41) is 0. The third kappa shape index (κ3) is 6.07. The van der Waals surface area contributed by atoms with Gasteiger partial charge in [-0.1, -0.05) is 0 Å². The Morgan fingerprint density at radius 2 is 1.18 bits per heavy atom. The Balaban J connectivity index is -0.000000653. The van der Waals surface area contributed by atoms with Crippen molar-refractivity contribution in [1.29, 1.82) is 0 Å². The van der Waals surface area contributed by atoms with Crippen molar-refractivity contribution < 1.29 is 14.1 Å². The normalized spacial score (nSPS) is 10.5. The van der Waals surface area contributed by atoms with Crippen LogP contribution >= 0.6 is 7.26 Å². The van der Waals surface area contributed by atoms with Gasteiger partial charge in [0.1, 0.15) is 0 Å². The third-order valence-corrected chi connectivity index (χ3v) is 9.33. The molecule has 0 radical (unpaired) electrons. The Kier molecular flexibility index (Phi) is 13.5. The number of benzene rings is 1. The monoisotopic (exact) mass is 270 g/mol. The zero-order valence-corrected chi connectivity index (χ0v) is 11.9. The summed E-state index contributed by atoms with van der Waals surface area (Å²) in [6, 6.07) is 11.0. The van der Waals surface area contributed by atoms with Crippen LogP contribution in [-0.4, -0.2) is 18.5 Å². The smallest absolute Gasteiger partial charge is 0.269 e. The molecule has 0 amide bonds. The topological polar surface area (TPSA) is 0 Å². The second-order valence-electron chi connectivity index (χ2n) is 4.22. The van der Waals surface area contributed by atoms with E-state index < -0.39 is 7.26 Å². The molecule has 4 heteroatoms. The fourth-order valence-electron chi connectivity index (χ4n) is 2.15. The van der Waals surface area contributed by atoms with Crippen molar-refractivity contribution in [2.75, 3.05) is 18.5 Å². The standard InChI is InChI=1S/C13H23P.3FH/c1-4-14(5-2,6-3)12-13-10-8-7-9-11-13;;;/h7-11,14H,4-6,12H2,1-3H3;3*1H. The van der Waals surface area contributed by atoms with Gasteiger partial charge in [-0.15, -0.1) is 0 Å². The number of hydrogen-bond acceptors (Lipinski definition) is 0. The zero-order chi connectivity index (χ0) is 10.4. The van der Waals surface area contributed by atoms with Crippen molar-refractivity contribution in [3.05, 3.63) is 35.9 Å². The molecule has 0 fully saturated rings. The van der Waals surface area contributed by atoms with Gasteiger partial charge in [0.25, 0.3) is 0 Å². The van der Waals surface area contributed by atoms with Crippen LogP contribution in [0.5, 0.6) is 0 Å². The van der Waals surface area contributed by atoms with E-state index in [1.807, 2.05) is 0 Å². The predicted molar refractivity (Wildman–Crippen MR) is 77.6 cm³/mol. The van der Waals surface area contributed by atoms with Gasteiger partial charge in [-0.3, -0.25) is 14.1 Å². The van der Waals surface area contributed by atoms with E-state index in [0.717, 1.165) is 0 Å². The first-order chi connectivity index (χ1) is 6.76. The minimum Gasteiger partial charge on any atom is -0.269 e. The van der Waals surface area contributed by atoms with Crippen molar-refractivity contribution in [3.63, 3.8) is 0 Å². The van der Waals surface area contributed by atoms with Gasteiger partial charge >= 0.3 is 88.6 Å². The van der Waals surface area contributed by atoms with Gasteiger partial charge in [-0.2, -0.15) is 0 Å². The third-order valence-electron chi connectivity index (χ3n) is 3.67. The first-order valence-electron chi connectivity index (χ1n) is 5.80. The summed E-state index contributed by atoms with van der Waals surface area (Å²) in [6.45, 7) is 7.13. The van der Waals surface area contributed by atoms with Crippen LogP contribution in [0.1, 0.15) is 26.3 Å². The Bertz CT molecular complexity index is 252. The maximum Gasteiger partial charge on any atom is -0.269 e.